The molecule has 1 aromatic carbocycles. The zero-order valence-corrected chi connectivity index (χ0v) is 17.0. The molecule has 0 spiro atoms. The van der Waals surface area contributed by atoms with Crippen LogP contribution in [0.1, 0.15) is 34.1 Å². The van der Waals surface area contributed by atoms with Crippen molar-refractivity contribution in [1.29, 1.82) is 0 Å². The minimum atomic E-state index is -0.549. The second-order valence-electron chi connectivity index (χ2n) is 6.77. The van der Waals surface area contributed by atoms with Crippen LogP contribution in [0.15, 0.2) is 24.5 Å². The van der Waals surface area contributed by atoms with Gasteiger partial charge >= 0.3 is 0 Å². The van der Waals surface area contributed by atoms with E-state index in [4.69, 9.17) is 9.47 Å². The van der Waals surface area contributed by atoms with Crippen LogP contribution in [0.2, 0.25) is 0 Å². The van der Waals surface area contributed by atoms with E-state index in [9.17, 15) is 9.90 Å². The fraction of sp³-hybridized carbons (Fsp3) is 0.350. The Morgan fingerprint density at radius 1 is 1.31 bits per heavy atom. The monoisotopic (exact) mass is 414 g/mol. The van der Waals surface area contributed by atoms with Gasteiger partial charge in [0, 0.05) is 13.1 Å². The summed E-state index contributed by atoms with van der Waals surface area (Å²) in [4.78, 5) is 22.6. The van der Waals surface area contributed by atoms with E-state index in [-0.39, 0.29) is 19.2 Å². The topological polar surface area (TPSA) is 106 Å². The predicted molar refractivity (Wildman–Crippen MR) is 111 cm³/mol. The minimum absolute atomic E-state index is 0.209. The number of fused-ring (bicyclic) bond motifs is 2. The zero-order valence-electron chi connectivity index (χ0n) is 16.2. The van der Waals surface area contributed by atoms with Gasteiger partial charge < -0.3 is 25.2 Å². The third kappa shape index (κ3) is 3.96. The summed E-state index contributed by atoms with van der Waals surface area (Å²) in [6.07, 6.45) is 1.53. The summed E-state index contributed by atoms with van der Waals surface area (Å²) >= 11 is 1.32. The van der Waals surface area contributed by atoms with Crippen LogP contribution in [0.25, 0.3) is 10.2 Å². The summed E-state index contributed by atoms with van der Waals surface area (Å²) < 4.78 is 10.8. The molecule has 9 heteroatoms. The van der Waals surface area contributed by atoms with E-state index in [0.717, 1.165) is 32.8 Å². The first-order valence-corrected chi connectivity index (χ1v) is 10.2. The Balaban J connectivity index is 1.54. The molecule has 1 aliphatic rings. The maximum Gasteiger partial charge on any atom is 0.261 e. The van der Waals surface area contributed by atoms with Gasteiger partial charge in [0.25, 0.3) is 5.91 Å². The molecule has 0 fully saturated rings. The number of carbonyl (C=O) groups excluding carboxylic acids is 1. The third-order valence-corrected chi connectivity index (χ3v) is 6.00. The summed E-state index contributed by atoms with van der Waals surface area (Å²) in [5.74, 6) is 1.95. The maximum atomic E-state index is 12.5. The van der Waals surface area contributed by atoms with Crippen LogP contribution in [0.5, 0.6) is 11.5 Å². The van der Waals surface area contributed by atoms with Gasteiger partial charge in [-0.05, 0) is 36.6 Å². The number of thiophene rings is 1. The van der Waals surface area contributed by atoms with E-state index < -0.39 is 6.10 Å². The van der Waals surface area contributed by atoms with Crippen LogP contribution in [0.3, 0.4) is 0 Å². The molecule has 8 nitrogen and oxygen atoms in total. The van der Waals surface area contributed by atoms with E-state index in [1.807, 2.05) is 32.0 Å². The number of rotatable bonds is 7. The number of aryl methyl sites for hydroxylation is 1. The largest absolute Gasteiger partial charge is 0.454 e. The van der Waals surface area contributed by atoms with Crippen molar-refractivity contribution in [1.82, 2.24) is 15.3 Å². The second kappa shape index (κ2) is 8.22. The minimum Gasteiger partial charge on any atom is -0.454 e. The highest BCUT2D eigenvalue weighted by Crippen LogP contribution is 2.35. The zero-order chi connectivity index (χ0) is 20.4. The van der Waals surface area contributed by atoms with Gasteiger partial charge in [0.1, 0.15) is 17.0 Å². The van der Waals surface area contributed by atoms with Crippen LogP contribution in [0, 0.1) is 6.92 Å². The van der Waals surface area contributed by atoms with Crippen LogP contribution >= 0.6 is 11.3 Å². The van der Waals surface area contributed by atoms with Crippen molar-refractivity contribution in [3.05, 3.63) is 40.5 Å². The number of ether oxygens (including phenoxy) is 2. The van der Waals surface area contributed by atoms with Gasteiger partial charge in [-0.3, -0.25) is 4.79 Å². The molecule has 0 radical (unpaired) electrons. The molecule has 0 aliphatic carbocycles. The Morgan fingerprint density at radius 3 is 2.97 bits per heavy atom. The SMILES string of the molecule is CC[C@H](O)CNC(=O)c1sc2ncnc(NCc3ccc4c(c3)OCO4)c2c1C. The van der Waals surface area contributed by atoms with Crippen molar-refractivity contribution < 1.29 is 19.4 Å². The number of hydrogen-bond donors (Lipinski definition) is 3. The Bertz CT molecular complexity index is 1050. The van der Waals surface area contributed by atoms with E-state index in [1.54, 1.807) is 0 Å². The number of aliphatic hydroxyl groups is 1. The molecule has 1 atom stereocenters. The molecule has 2 aromatic heterocycles. The Kier molecular flexibility index (Phi) is 5.50. The molecular formula is C20H22N4O4S. The van der Waals surface area contributed by atoms with Crippen molar-refractivity contribution in [2.45, 2.75) is 32.9 Å². The molecule has 29 heavy (non-hydrogen) atoms. The number of aromatic nitrogens is 2. The highest BCUT2D eigenvalue weighted by molar-refractivity contribution is 7.20. The lowest BCUT2D eigenvalue weighted by molar-refractivity contribution is 0.0917. The standard InChI is InChI=1S/C20H22N4O4S/c1-3-13(25)8-22-19(26)17-11(2)16-18(23-9-24-20(16)29-17)21-7-12-4-5-14-15(6-12)28-10-27-14/h4-6,9,13,25H,3,7-8,10H2,1-2H3,(H,22,26)(H,21,23,24)/t13-/m0/s1. The Labute approximate surface area is 171 Å². The highest BCUT2D eigenvalue weighted by atomic mass is 32.1. The van der Waals surface area contributed by atoms with E-state index >= 15 is 0 Å². The molecule has 3 heterocycles. The molecule has 0 saturated carbocycles. The van der Waals surface area contributed by atoms with Gasteiger partial charge in [0.15, 0.2) is 11.5 Å². The van der Waals surface area contributed by atoms with Gasteiger partial charge in [-0.15, -0.1) is 11.3 Å². The number of anilines is 1. The summed E-state index contributed by atoms with van der Waals surface area (Å²) in [6, 6.07) is 5.79. The molecule has 152 valence electrons. The van der Waals surface area contributed by atoms with Gasteiger partial charge in [-0.2, -0.15) is 0 Å². The van der Waals surface area contributed by atoms with Crippen molar-refractivity contribution in [2.24, 2.45) is 0 Å². The highest BCUT2D eigenvalue weighted by Gasteiger charge is 2.20. The molecule has 0 bridgehead atoms. The van der Waals surface area contributed by atoms with Gasteiger partial charge in [-0.25, -0.2) is 9.97 Å². The van der Waals surface area contributed by atoms with Crippen molar-refractivity contribution in [3.63, 3.8) is 0 Å². The normalized spacial score (nSPS) is 13.5. The number of amides is 1. The van der Waals surface area contributed by atoms with Crippen LogP contribution in [0.4, 0.5) is 5.82 Å². The second-order valence-corrected chi connectivity index (χ2v) is 7.77. The molecule has 0 saturated heterocycles. The molecular weight excluding hydrogens is 392 g/mol. The molecule has 3 N–H and O–H groups in total. The summed E-state index contributed by atoms with van der Waals surface area (Å²) in [5, 5.41) is 16.6. The number of aliphatic hydroxyl groups excluding tert-OH is 1. The van der Waals surface area contributed by atoms with E-state index in [1.165, 1.54) is 17.7 Å². The number of hydrogen-bond acceptors (Lipinski definition) is 8. The van der Waals surface area contributed by atoms with Crippen molar-refractivity contribution in [3.8, 4) is 11.5 Å². The number of nitrogens with zero attached hydrogens (tertiary/aromatic N) is 2. The summed E-state index contributed by atoms with van der Waals surface area (Å²) in [5.41, 5.74) is 1.85. The molecule has 0 unspecified atom stereocenters. The molecule has 1 amide bonds. The van der Waals surface area contributed by atoms with Gasteiger partial charge in [0.05, 0.1) is 16.4 Å². The average Bonchev–Trinajstić information content (AvgIpc) is 3.34. The Morgan fingerprint density at radius 2 is 2.14 bits per heavy atom. The fourth-order valence-corrected chi connectivity index (χ4v) is 4.16. The number of carbonyl (C=O) groups is 1. The number of nitrogens with one attached hydrogen (secondary N) is 2. The molecule has 1 aliphatic heterocycles. The lowest BCUT2D eigenvalue weighted by atomic mass is 10.1. The summed E-state index contributed by atoms with van der Waals surface area (Å²) in [7, 11) is 0. The van der Waals surface area contributed by atoms with Crippen LogP contribution < -0.4 is 20.1 Å². The van der Waals surface area contributed by atoms with Crippen molar-refractivity contribution in [2.75, 3.05) is 18.7 Å². The van der Waals surface area contributed by atoms with E-state index in [0.29, 0.717) is 23.7 Å². The molecule has 4 rings (SSSR count). The lowest BCUT2D eigenvalue weighted by Crippen LogP contribution is -2.31. The summed E-state index contributed by atoms with van der Waals surface area (Å²) in [6.45, 7) is 4.77. The maximum absolute atomic E-state index is 12.5. The van der Waals surface area contributed by atoms with Crippen LogP contribution in [-0.4, -0.2) is 40.4 Å². The quantitative estimate of drug-likeness (QED) is 0.546. The Hall–Kier alpha value is -2.91. The van der Waals surface area contributed by atoms with Crippen LogP contribution in [-0.2, 0) is 6.54 Å². The first-order chi connectivity index (χ1) is 14.1. The lowest BCUT2D eigenvalue weighted by Gasteiger charge is -2.09. The van der Waals surface area contributed by atoms with Gasteiger partial charge in [0.2, 0.25) is 6.79 Å². The third-order valence-electron chi connectivity index (χ3n) is 4.80. The fourth-order valence-electron chi connectivity index (χ4n) is 3.09. The average molecular weight is 414 g/mol. The first-order valence-electron chi connectivity index (χ1n) is 9.39. The predicted octanol–water partition coefficient (Wildman–Crippen LogP) is 2.84. The smallest absolute Gasteiger partial charge is 0.261 e. The van der Waals surface area contributed by atoms with Gasteiger partial charge in [-0.1, -0.05) is 13.0 Å². The molecule has 3 aromatic rings. The first kappa shape index (κ1) is 19.4. The number of benzene rings is 1. The van der Waals surface area contributed by atoms with E-state index in [2.05, 4.69) is 20.6 Å². The van der Waals surface area contributed by atoms with Crippen molar-refractivity contribution >= 4 is 33.3 Å².